The van der Waals surface area contributed by atoms with Gasteiger partial charge in [0.25, 0.3) is 0 Å². The molecule has 0 saturated heterocycles. The highest BCUT2D eigenvalue weighted by Crippen LogP contribution is 2.22. The Hall–Kier alpha value is -0.870. The Morgan fingerprint density at radius 3 is 2.67 bits per heavy atom. The van der Waals surface area contributed by atoms with E-state index in [4.69, 9.17) is 4.74 Å². The van der Waals surface area contributed by atoms with Crippen LogP contribution >= 0.6 is 0 Å². The lowest BCUT2D eigenvalue weighted by atomic mass is 9.93. The Labute approximate surface area is 70.5 Å². The first-order chi connectivity index (χ1) is 5.57. The van der Waals surface area contributed by atoms with Crippen molar-refractivity contribution in [2.24, 2.45) is 0 Å². The van der Waals surface area contributed by atoms with Gasteiger partial charge in [-0.15, -0.1) is 0 Å². The molecule has 0 aliphatic heterocycles. The summed E-state index contributed by atoms with van der Waals surface area (Å²) in [6.45, 7) is 1.48. The van der Waals surface area contributed by atoms with Crippen LogP contribution < -0.4 is 0 Å². The second-order valence-corrected chi connectivity index (χ2v) is 2.85. The summed E-state index contributed by atoms with van der Waals surface area (Å²) in [6.07, 6.45) is -1.44. The molecule has 0 aromatic carbocycles. The number of hydrogen-bond donors (Lipinski definition) is 2. The summed E-state index contributed by atoms with van der Waals surface area (Å²) in [5.74, 6) is -0.478. The number of carbonyl (C=O) groups excluding carboxylic acids is 1. The molecule has 0 amide bonds. The second kappa shape index (κ2) is 3.25. The largest absolute Gasteiger partial charge is 0.509 e. The first-order valence-electron chi connectivity index (χ1n) is 3.72. The molecule has 0 radical (unpaired) electrons. The molecule has 0 bridgehead atoms. The molecule has 0 aromatic rings. The van der Waals surface area contributed by atoms with Gasteiger partial charge >= 0.3 is 0 Å². The standard InChI is InChI=1S/C8H12O4/c1-4-7(10)5(9)3-6(12-2)8(4)11/h5-6,9-10H,3H2,1-2H3. The van der Waals surface area contributed by atoms with Crippen LogP contribution in [0.2, 0.25) is 0 Å². The van der Waals surface area contributed by atoms with Gasteiger partial charge in [0.05, 0.1) is 0 Å². The van der Waals surface area contributed by atoms with E-state index >= 15 is 0 Å². The maximum absolute atomic E-state index is 11.3. The van der Waals surface area contributed by atoms with E-state index in [1.165, 1.54) is 14.0 Å². The van der Waals surface area contributed by atoms with E-state index < -0.39 is 12.2 Å². The number of ether oxygens (including phenoxy) is 1. The van der Waals surface area contributed by atoms with Gasteiger partial charge in [-0.2, -0.15) is 0 Å². The molecule has 2 atom stereocenters. The van der Waals surface area contributed by atoms with Crippen molar-refractivity contribution in [3.8, 4) is 0 Å². The average Bonchev–Trinajstić information content (AvgIpc) is 2.08. The smallest absolute Gasteiger partial charge is 0.190 e. The molecule has 0 aromatic heterocycles. The van der Waals surface area contributed by atoms with Crippen molar-refractivity contribution in [3.05, 3.63) is 11.3 Å². The average molecular weight is 172 g/mol. The lowest BCUT2D eigenvalue weighted by Crippen LogP contribution is -2.35. The van der Waals surface area contributed by atoms with E-state index in [0.29, 0.717) is 0 Å². The zero-order valence-corrected chi connectivity index (χ0v) is 7.07. The van der Waals surface area contributed by atoms with Crippen LogP contribution in [-0.2, 0) is 9.53 Å². The topological polar surface area (TPSA) is 66.8 Å². The summed E-state index contributed by atoms with van der Waals surface area (Å²) in [5, 5.41) is 18.4. The molecule has 1 rings (SSSR count). The molecule has 2 N–H and O–H groups in total. The first-order valence-corrected chi connectivity index (χ1v) is 3.72. The second-order valence-electron chi connectivity index (χ2n) is 2.85. The number of rotatable bonds is 1. The fourth-order valence-corrected chi connectivity index (χ4v) is 1.24. The van der Waals surface area contributed by atoms with Gasteiger partial charge in [-0.05, 0) is 6.92 Å². The van der Waals surface area contributed by atoms with E-state index in [0.717, 1.165) is 0 Å². The monoisotopic (exact) mass is 172 g/mol. The fourth-order valence-electron chi connectivity index (χ4n) is 1.24. The van der Waals surface area contributed by atoms with Crippen molar-refractivity contribution >= 4 is 5.78 Å². The normalized spacial score (nSPS) is 31.1. The Morgan fingerprint density at radius 1 is 1.58 bits per heavy atom. The first kappa shape index (κ1) is 9.22. The van der Waals surface area contributed by atoms with Crippen LogP contribution in [0.25, 0.3) is 0 Å². The van der Waals surface area contributed by atoms with Crippen LogP contribution in [0.4, 0.5) is 0 Å². The van der Waals surface area contributed by atoms with Gasteiger partial charge < -0.3 is 14.9 Å². The van der Waals surface area contributed by atoms with Gasteiger partial charge in [-0.1, -0.05) is 0 Å². The molecule has 0 spiro atoms. The summed E-state index contributed by atoms with van der Waals surface area (Å²) in [5.41, 5.74) is 0.195. The van der Waals surface area contributed by atoms with Gasteiger partial charge in [0.2, 0.25) is 0 Å². The summed E-state index contributed by atoms with van der Waals surface area (Å²) < 4.78 is 4.84. The van der Waals surface area contributed by atoms with Crippen molar-refractivity contribution < 1.29 is 19.7 Å². The number of carbonyl (C=O) groups is 1. The number of Topliss-reactive ketones (excluding diaryl/α,β-unsaturated/α-hetero) is 1. The summed E-state index contributed by atoms with van der Waals surface area (Å²) in [7, 11) is 1.41. The number of aliphatic hydroxyl groups is 2. The molecule has 0 heterocycles. The fraction of sp³-hybridized carbons (Fsp3) is 0.625. The summed E-state index contributed by atoms with van der Waals surface area (Å²) in [6, 6.07) is 0. The summed E-state index contributed by atoms with van der Waals surface area (Å²) in [4.78, 5) is 11.3. The van der Waals surface area contributed by atoms with Gasteiger partial charge in [0, 0.05) is 19.1 Å². The SMILES string of the molecule is COC1CC(O)C(O)=C(C)C1=O. The van der Waals surface area contributed by atoms with Gasteiger partial charge in [0.15, 0.2) is 5.78 Å². The molecule has 0 fully saturated rings. The predicted octanol–water partition coefficient (Wildman–Crippen LogP) is 0.167. The maximum atomic E-state index is 11.3. The zero-order chi connectivity index (χ0) is 9.30. The number of ketones is 1. The van der Waals surface area contributed by atoms with Crippen LogP contribution in [0.3, 0.4) is 0 Å². The third-order valence-corrected chi connectivity index (χ3v) is 2.08. The van der Waals surface area contributed by atoms with Gasteiger partial charge in [-0.25, -0.2) is 0 Å². The van der Waals surface area contributed by atoms with Crippen LogP contribution in [0.15, 0.2) is 11.3 Å². The Morgan fingerprint density at radius 2 is 2.17 bits per heavy atom. The molecule has 1 aliphatic rings. The Balaban J connectivity index is 2.93. The predicted molar refractivity (Wildman–Crippen MR) is 41.8 cm³/mol. The Bertz CT molecular complexity index is 231. The van der Waals surface area contributed by atoms with Crippen molar-refractivity contribution in [1.82, 2.24) is 0 Å². The molecule has 2 unspecified atom stereocenters. The zero-order valence-electron chi connectivity index (χ0n) is 7.07. The molecule has 0 saturated carbocycles. The lowest BCUT2D eigenvalue weighted by molar-refractivity contribution is -0.128. The molecular formula is C8H12O4. The molecule has 12 heavy (non-hydrogen) atoms. The third-order valence-electron chi connectivity index (χ3n) is 2.08. The van der Waals surface area contributed by atoms with Crippen molar-refractivity contribution in [2.75, 3.05) is 7.11 Å². The Kier molecular flexibility index (Phi) is 2.49. The molecular weight excluding hydrogens is 160 g/mol. The lowest BCUT2D eigenvalue weighted by Gasteiger charge is -2.24. The van der Waals surface area contributed by atoms with E-state index in [1.54, 1.807) is 0 Å². The van der Waals surface area contributed by atoms with Gasteiger partial charge in [-0.3, -0.25) is 4.79 Å². The van der Waals surface area contributed by atoms with E-state index in [2.05, 4.69) is 0 Å². The molecule has 68 valence electrons. The maximum Gasteiger partial charge on any atom is 0.190 e. The van der Waals surface area contributed by atoms with Crippen LogP contribution in [-0.4, -0.2) is 35.3 Å². The van der Waals surface area contributed by atoms with Crippen molar-refractivity contribution in [2.45, 2.75) is 25.6 Å². The van der Waals surface area contributed by atoms with E-state index in [9.17, 15) is 15.0 Å². The molecule has 4 nitrogen and oxygen atoms in total. The summed E-state index contributed by atoms with van der Waals surface area (Å²) >= 11 is 0. The minimum absolute atomic E-state index is 0.137. The molecule has 1 aliphatic carbocycles. The van der Waals surface area contributed by atoms with E-state index in [-0.39, 0.29) is 23.5 Å². The van der Waals surface area contributed by atoms with Crippen LogP contribution in [0.1, 0.15) is 13.3 Å². The van der Waals surface area contributed by atoms with Crippen molar-refractivity contribution in [1.29, 1.82) is 0 Å². The minimum Gasteiger partial charge on any atom is -0.509 e. The van der Waals surface area contributed by atoms with Crippen molar-refractivity contribution in [3.63, 3.8) is 0 Å². The minimum atomic E-state index is -0.965. The van der Waals surface area contributed by atoms with Crippen LogP contribution in [0, 0.1) is 0 Å². The number of methoxy groups -OCH3 is 1. The number of aliphatic hydroxyl groups excluding tert-OH is 2. The number of hydrogen-bond acceptors (Lipinski definition) is 4. The van der Waals surface area contributed by atoms with Gasteiger partial charge in [0.1, 0.15) is 18.0 Å². The quantitative estimate of drug-likeness (QED) is 0.591. The van der Waals surface area contributed by atoms with E-state index in [1.807, 2.05) is 0 Å². The highest BCUT2D eigenvalue weighted by Gasteiger charge is 2.32. The van der Waals surface area contributed by atoms with Crippen LogP contribution in [0.5, 0.6) is 0 Å². The third kappa shape index (κ3) is 1.35. The highest BCUT2D eigenvalue weighted by molar-refractivity contribution is 5.99. The highest BCUT2D eigenvalue weighted by atomic mass is 16.5. The molecule has 4 heteroatoms.